The van der Waals surface area contributed by atoms with E-state index in [1.165, 1.54) is 0 Å². The lowest BCUT2D eigenvalue weighted by atomic mass is 10.2. The van der Waals surface area contributed by atoms with Crippen molar-refractivity contribution in [3.05, 3.63) is 77.6 Å². The second kappa shape index (κ2) is 8.07. The Labute approximate surface area is 145 Å². The van der Waals surface area contributed by atoms with Crippen molar-refractivity contribution in [1.29, 1.82) is 0 Å². The zero-order valence-corrected chi connectivity index (χ0v) is 13.8. The third-order valence-corrected chi connectivity index (χ3v) is 3.52. The van der Waals surface area contributed by atoms with Gasteiger partial charge in [0.1, 0.15) is 5.75 Å². The van der Waals surface area contributed by atoms with Gasteiger partial charge in [-0.2, -0.15) is 0 Å². The van der Waals surface area contributed by atoms with Crippen LogP contribution in [0.4, 0.5) is 0 Å². The Morgan fingerprint density at radius 1 is 1.08 bits per heavy atom. The van der Waals surface area contributed by atoms with Crippen molar-refractivity contribution in [2.75, 3.05) is 7.11 Å². The van der Waals surface area contributed by atoms with Gasteiger partial charge in [-0.3, -0.25) is 9.63 Å². The number of nitrogens with one attached hydrogen (secondary N) is 1. The van der Waals surface area contributed by atoms with E-state index in [0.717, 1.165) is 16.9 Å². The number of methoxy groups -OCH3 is 1. The lowest BCUT2D eigenvalue weighted by Gasteiger charge is -2.05. The highest BCUT2D eigenvalue weighted by Crippen LogP contribution is 2.11. The molecule has 0 aliphatic rings. The van der Waals surface area contributed by atoms with Crippen molar-refractivity contribution >= 4 is 5.91 Å². The first-order valence-corrected chi connectivity index (χ1v) is 7.74. The number of hydrogen-bond acceptors (Lipinski definition) is 5. The van der Waals surface area contributed by atoms with Gasteiger partial charge in [-0.25, -0.2) is 10.2 Å². The van der Waals surface area contributed by atoms with Gasteiger partial charge >= 0.3 is 0 Å². The minimum absolute atomic E-state index is 0.200. The molecule has 0 radical (unpaired) electrons. The molecule has 2 aromatic carbocycles. The van der Waals surface area contributed by atoms with E-state index < -0.39 is 5.91 Å². The fourth-order valence-electron chi connectivity index (χ4n) is 2.21. The van der Waals surface area contributed by atoms with Crippen molar-refractivity contribution in [3.63, 3.8) is 0 Å². The average Bonchev–Trinajstić information content (AvgIpc) is 3.12. The zero-order valence-electron chi connectivity index (χ0n) is 13.8. The number of carbonyl (C=O) groups excluding carboxylic acids is 1. The number of rotatable bonds is 7. The number of aromatic nitrogens is 3. The van der Waals surface area contributed by atoms with Crippen LogP contribution in [0.3, 0.4) is 0 Å². The van der Waals surface area contributed by atoms with Crippen molar-refractivity contribution in [2.45, 2.75) is 13.2 Å². The lowest BCUT2D eigenvalue weighted by Crippen LogP contribution is -2.23. The first kappa shape index (κ1) is 16.7. The predicted molar refractivity (Wildman–Crippen MR) is 90.8 cm³/mol. The molecule has 1 N–H and O–H groups in total. The van der Waals surface area contributed by atoms with E-state index >= 15 is 0 Å². The van der Waals surface area contributed by atoms with Crippen LogP contribution in [-0.2, 0) is 18.0 Å². The van der Waals surface area contributed by atoms with Crippen LogP contribution in [0.1, 0.15) is 21.6 Å². The quantitative estimate of drug-likeness (QED) is 0.668. The third-order valence-electron chi connectivity index (χ3n) is 3.52. The topological polar surface area (TPSA) is 78.3 Å². The van der Waals surface area contributed by atoms with Gasteiger partial charge in [-0.05, 0) is 23.3 Å². The zero-order chi connectivity index (χ0) is 17.5. The molecule has 0 aliphatic carbocycles. The maximum absolute atomic E-state index is 12.0. The van der Waals surface area contributed by atoms with E-state index in [1.54, 1.807) is 18.0 Å². The molecule has 0 saturated carbocycles. The van der Waals surface area contributed by atoms with E-state index in [4.69, 9.17) is 9.57 Å². The number of hydrogen-bond donors (Lipinski definition) is 1. The van der Waals surface area contributed by atoms with Crippen LogP contribution >= 0.6 is 0 Å². The molecule has 1 heterocycles. The van der Waals surface area contributed by atoms with Crippen LogP contribution in [0.25, 0.3) is 0 Å². The highest BCUT2D eigenvalue weighted by molar-refractivity contribution is 5.91. The fourth-order valence-corrected chi connectivity index (χ4v) is 2.21. The van der Waals surface area contributed by atoms with Crippen molar-refractivity contribution in [3.8, 4) is 5.75 Å². The molecule has 1 aromatic heterocycles. The first-order valence-electron chi connectivity index (χ1n) is 7.74. The molecule has 3 aromatic rings. The SMILES string of the molecule is COc1ccc(CONC(=O)c2cn(Cc3ccccc3)nn2)cc1. The van der Waals surface area contributed by atoms with Gasteiger partial charge in [0.15, 0.2) is 5.69 Å². The number of hydroxylamine groups is 1. The Morgan fingerprint density at radius 2 is 1.84 bits per heavy atom. The maximum atomic E-state index is 12.0. The molecule has 0 atom stereocenters. The van der Waals surface area contributed by atoms with Gasteiger partial charge in [0, 0.05) is 0 Å². The standard InChI is InChI=1S/C18H18N4O3/c1-24-16-9-7-15(8-10-16)13-25-20-18(23)17-12-22(21-19-17)11-14-5-3-2-4-6-14/h2-10,12H,11,13H2,1H3,(H,20,23). The normalized spacial score (nSPS) is 10.4. The summed E-state index contributed by atoms with van der Waals surface area (Å²) in [5.41, 5.74) is 4.56. The van der Waals surface area contributed by atoms with Gasteiger partial charge in [0.25, 0.3) is 5.91 Å². The first-order chi connectivity index (χ1) is 12.2. The van der Waals surface area contributed by atoms with Crippen LogP contribution in [-0.4, -0.2) is 28.0 Å². The van der Waals surface area contributed by atoms with Gasteiger partial charge in [0.2, 0.25) is 0 Å². The molecule has 3 rings (SSSR count). The Bertz CT molecular complexity index is 816. The highest BCUT2D eigenvalue weighted by atomic mass is 16.6. The highest BCUT2D eigenvalue weighted by Gasteiger charge is 2.11. The molecular formula is C18H18N4O3. The van der Waals surface area contributed by atoms with Gasteiger partial charge in [-0.1, -0.05) is 47.7 Å². The third kappa shape index (κ3) is 4.65. The Morgan fingerprint density at radius 3 is 2.56 bits per heavy atom. The summed E-state index contributed by atoms with van der Waals surface area (Å²) in [6.45, 7) is 0.793. The molecule has 25 heavy (non-hydrogen) atoms. The molecule has 0 saturated heterocycles. The smallest absolute Gasteiger partial charge is 0.297 e. The maximum Gasteiger partial charge on any atom is 0.297 e. The predicted octanol–water partition coefficient (Wildman–Crippen LogP) is 2.20. The van der Waals surface area contributed by atoms with Crippen LogP contribution in [0.2, 0.25) is 0 Å². The number of carbonyl (C=O) groups is 1. The van der Waals surface area contributed by atoms with Gasteiger partial charge in [-0.15, -0.1) is 5.10 Å². The summed E-state index contributed by atoms with van der Waals surface area (Å²) in [6.07, 6.45) is 1.58. The Balaban J connectivity index is 1.49. The molecule has 7 heteroatoms. The average molecular weight is 338 g/mol. The molecule has 0 spiro atoms. The van der Waals surface area contributed by atoms with E-state index in [2.05, 4.69) is 15.8 Å². The molecule has 0 fully saturated rings. The van der Waals surface area contributed by atoms with Crippen molar-refractivity contribution < 1.29 is 14.4 Å². The van der Waals surface area contributed by atoms with E-state index in [9.17, 15) is 4.79 Å². The molecule has 1 amide bonds. The van der Waals surface area contributed by atoms with Crippen LogP contribution in [0.15, 0.2) is 60.8 Å². The van der Waals surface area contributed by atoms with E-state index in [1.807, 2.05) is 54.6 Å². The summed E-state index contributed by atoms with van der Waals surface area (Å²) >= 11 is 0. The molecule has 0 unspecified atom stereocenters. The van der Waals surface area contributed by atoms with Crippen LogP contribution < -0.4 is 10.2 Å². The van der Waals surface area contributed by atoms with Crippen LogP contribution in [0, 0.1) is 0 Å². The summed E-state index contributed by atoms with van der Waals surface area (Å²) in [5.74, 6) is 0.329. The Kier molecular flexibility index (Phi) is 5.38. The minimum Gasteiger partial charge on any atom is -0.497 e. The van der Waals surface area contributed by atoms with Crippen molar-refractivity contribution in [1.82, 2.24) is 20.5 Å². The van der Waals surface area contributed by atoms with Crippen LogP contribution in [0.5, 0.6) is 5.75 Å². The number of ether oxygens (including phenoxy) is 1. The summed E-state index contributed by atoms with van der Waals surface area (Å²) in [7, 11) is 1.61. The van der Waals surface area contributed by atoms with E-state index in [0.29, 0.717) is 6.54 Å². The minimum atomic E-state index is -0.437. The lowest BCUT2D eigenvalue weighted by molar-refractivity contribution is 0.0229. The monoisotopic (exact) mass is 338 g/mol. The molecule has 0 aliphatic heterocycles. The molecule has 0 bridgehead atoms. The van der Waals surface area contributed by atoms with Gasteiger partial charge < -0.3 is 4.74 Å². The number of nitrogens with zero attached hydrogens (tertiary/aromatic N) is 3. The largest absolute Gasteiger partial charge is 0.497 e. The molecule has 128 valence electrons. The van der Waals surface area contributed by atoms with Crippen molar-refractivity contribution in [2.24, 2.45) is 0 Å². The second-order valence-electron chi connectivity index (χ2n) is 5.35. The second-order valence-corrected chi connectivity index (χ2v) is 5.35. The summed E-state index contributed by atoms with van der Waals surface area (Å²) in [6, 6.07) is 17.2. The summed E-state index contributed by atoms with van der Waals surface area (Å²) in [5, 5.41) is 7.82. The number of amides is 1. The van der Waals surface area contributed by atoms with Gasteiger partial charge in [0.05, 0.1) is 26.5 Å². The molecule has 7 nitrogen and oxygen atoms in total. The molecular weight excluding hydrogens is 320 g/mol. The number of benzene rings is 2. The fraction of sp³-hybridized carbons (Fsp3) is 0.167. The Hall–Kier alpha value is -3.19. The summed E-state index contributed by atoms with van der Waals surface area (Å²) < 4.78 is 6.69. The van der Waals surface area contributed by atoms with E-state index in [-0.39, 0.29) is 12.3 Å². The summed E-state index contributed by atoms with van der Waals surface area (Å²) in [4.78, 5) is 17.2.